The highest BCUT2D eigenvalue weighted by atomic mass is 19.1. The van der Waals surface area contributed by atoms with Crippen molar-refractivity contribution in [2.45, 2.75) is 19.8 Å². The number of aryl methyl sites for hydroxylation is 1. The molecule has 1 saturated heterocycles. The summed E-state index contributed by atoms with van der Waals surface area (Å²) < 4.78 is 14.6. The van der Waals surface area contributed by atoms with Crippen molar-refractivity contribution in [2.75, 3.05) is 23.3 Å². The van der Waals surface area contributed by atoms with Gasteiger partial charge in [0.2, 0.25) is 5.82 Å². The van der Waals surface area contributed by atoms with Gasteiger partial charge < -0.3 is 10.2 Å². The third-order valence-electron chi connectivity index (χ3n) is 4.50. The van der Waals surface area contributed by atoms with Crippen LogP contribution in [0.1, 0.15) is 29.3 Å². The second kappa shape index (κ2) is 7.14. The largest absolute Gasteiger partial charge is 0.370 e. The van der Waals surface area contributed by atoms with Crippen LogP contribution >= 0.6 is 0 Å². The van der Waals surface area contributed by atoms with Gasteiger partial charge in [0.1, 0.15) is 17.5 Å². The fourth-order valence-corrected chi connectivity index (χ4v) is 3.11. The molecule has 0 spiro atoms. The molecule has 1 N–H and O–H groups in total. The number of hydrogen-bond acceptors (Lipinski definition) is 5. The number of hydrogen-bond donors (Lipinski definition) is 1. The Morgan fingerprint density at radius 2 is 1.78 bits per heavy atom. The van der Waals surface area contributed by atoms with Crippen LogP contribution in [0, 0.1) is 12.7 Å². The number of nitrogens with one attached hydrogen (secondary N) is 1. The number of carbonyl (C=O) groups excluding carboxylic acids is 1. The molecule has 0 radical (unpaired) electrons. The zero-order chi connectivity index (χ0) is 18.8. The highest BCUT2D eigenvalue weighted by Crippen LogP contribution is 2.20. The van der Waals surface area contributed by atoms with Crippen LogP contribution in [0.2, 0.25) is 0 Å². The minimum atomic E-state index is -0.444. The summed E-state index contributed by atoms with van der Waals surface area (Å²) in [7, 11) is 0. The maximum absolute atomic E-state index is 13.1. The maximum atomic E-state index is 13.1. The first-order valence-electron chi connectivity index (χ1n) is 8.82. The summed E-state index contributed by atoms with van der Waals surface area (Å²) in [5, 5.41) is 6.93. The van der Waals surface area contributed by atoms with Gasteiger partial charge in [-0.25, -0.2) is 19.0 Å². The van der Waals surface area contributed by atoms with E-state index in [1.165, 1.54) is 29.7 Å². The van der Waals surface area contributed by atoms with Crippen LogP contribution < -0.4 is 10.2 Å². The Hall–Kier alpha value is -3.29. The summed E-state index contributed by atoms with van der Waals surface area (Å²) in [5.41, 5.74) is 1.69. The van der Waals surface area contributed by atoms with E-state index in [0.717, 1.165) is 18.8 Å². The van der Waals surface area contributed by atoms with Crippen LogP contribution in [0.15, 0.2) is 42.6 Å². The fraction of sp³-hybridized carbons (Fsp3) is 0.263. The molecule has 27 heavy (non-hydrogen) atoms. The molecule has 138 valence electrons. The quantitative estimate of drug-likeness (QED) is 0.768. The van der Waals surface area contributed by atoms with Gasteiger partial charge in [0.15, 0.2) is 0 Å². The first-order chi connectivity index (χ1) is 13.1. The van der Waals surface area contributed by atoms with E-state index in [1.54, 1.807) is 31.3 Å². The third kappa shape index (κ3) is 3.64. The first-order valence-corrected chi connectivity index (χ1v) is 8.82. The molecule has 0 unspecified atom stereocenters. The van der Waals surface area contributed by atoms with Crippen molar-refractivity contribution in [1.29, 1.82) is 0 Å². The molecule has 1 amide bonds. The summed E-state index contributed by atoms with van der Waals surface area (Å²) in [6.07, 6.45) is 4.15. The van der Waals surface area contributed by atoms with Gasteiger partial charge in [-0.15, -0.1) is 5.10 Å². The number of rotatable bonds is 4. The van der Waals surface area contributed by atoms with Gasteiger partial charge in [-0.3, -0.25) is 4.79 Å². The summed E-state index contributed by atoms with van der Waals surface area (Å²) in [5.74, 6) is 0.225. The van der Waals surface area contributed by atoms with E-state index in [2.05, 4.69) is 25.3 Å². The Kier molecular flexibility index (Phi) is 4.53. The third-order valence-corrected chi connectivity index (χ3v) is 4.50. The van der Waals surface area contributed by atoms with Gasteiger partial charge in [-0.1, -0.05) is 0 Å². The highest BCUT2D eigenvalue weighted by molar-refractivity contribution is 6.01. The number of amides is 1. The number of anilines is 2. The van der Waals surface area contributed by atoms with E-state index in [-0.39, 0.29) is 11.6 Å². The van der Waals surface area contributed by atoms with Crippen LogP contribution in [0.4, 0.5) is 15.9 Å². The van der Waals surface area contributed by atoms with Gasteiger partial charge in [0, 0.05) is 13.1 Å². The Morgan fingerprint density at radius 1 is 1.07 bits per heavy atom. The van der Waals surface area contributed by atoms with Crippen LogP contribution in [-0.2, 0) is 0 Å². The molecule has 2 aromatic heterocycles. The van der Waals surface area contributed by atoms with Gasteiger partial charge in [-0.05, 0) is 56.2 Å². The molecule has 7 nitrogen and oxygen atoms in total. The van der Waals surface area contributed by atoms with Gasteiger partial charge in [0.25, 0.3) is 5.91 Å². The molecule has 1 aliphatic heterocycles. The zero-order valence-electron chi connectivity index (χ0n) is 14.9. The zero-order valence-corrected chi connectivity index (χ0v) is 14.9. The molecule has 1 fully saturated rings. The maximum Gasteiger partial charge on any atom is 0.296 e. The van der Waals surface area contributed by atoms with Crippen molar-refractivity contribution in [1.82, 2.24) is 19.7 Å². The molecular weight excluding hydrogens is 347 g/mol. The van der Waals surface area contributed by atoms with E-state index in [0.29, 0.717) is 17.3 Å². The van der Waals surface area contributed by atoms with E-state index in [4.69, 9.17) is 0 Å². The van der Waals surface area contributed by atoms with Gasteiger partial charge >= 0.3 is 0 Å². The molecule has 1 aromatic carbocycles. The average Bonchev–Trinajstić information content (AvgIpc) is 3.33. The molecule has 3 heterocycles. The Balaban J connectivity index is 1.48. The minimum absolute atomic E-state index is 0.0299. The second-order valence-electron chi connectivity index (χ2n) is 6.42. The Bertz CT molecular complexity index is 945. The standard InChI is InChI=1S/C19H19FN6O/c1-13-22-18(24-26(13)15-6-4-14(20)5-7-15)19(27)23-17-9-8-16(12-21-17)25-10-2-3-11-25/h4-9,12H,2-3,10-11H2,1H3,(H,21,23,27). The van der Waals surface area contributed by atoms with Crippen molar-refractivity contribution >= 4 is 17.4 Å². The monoisotopic (exact) mass is 366 g/mol. The van der Waals surface area contributed by atoms with Crippen molar-refractivity contribution in [3.05, 3.63) is 60.1 Å². The lowest BCUT2D eigenvalue weighted by molar-refractivity contribution is 0.101. The number of aromatic nitrogens is 4. The molecule has 0 bridgehead atoms. The lowest BCUT2D eigenvalue weighted by atomic mass is 10.3. The molecule has 4 rings (SSSR count). The normalized spacial score (nSPS) is 13.8. The number of carbonyl (C=O) groups is 1. The van der Waals surface area contributed by atoms with Crippen LogP contribution in [0.25, 0.3) is 5.69 Å². The second-order valence-corrected chi connectivity index (χ2v) is 6.42. The van der Waals surface area contributed by atoms with E-state index in [9.17, 15) is 9.18 Å². The lowest BCUT2D eigenvalue weighted by Gasteiger charge is -2.17. The van der Waals surface area contributed by atoms with Crippen LogP contribution in [0.5, 0.6) is 0 Å². The summed E-state index contributed by atoms with van der Waals surface area (Å²) >= 11 is 0. The van der Waals surface area contributed by atoms with E-state index >= 15 is 0 Å². The van der Waals surface area contributed by atoms with Crippen molar-refractivity contribution < 1.29 is 9.18 Å². The van der Waals surface area contributed by atoms with Crippen molar-refractivity contribution in [2.24, 2.45) is 0 Å². The van der Waals surface area contributed by atoms with Crippen molar-refractivity contribution in [3.63, 3.8) is 0 Å². The first kappa shape index (κ1) is 17.1. The lowest BCUT2D eigenvalue weighted by Crippen LogP contribution is -2.18. The van der Waals surface area contributed by atoms with Gasteiger partial charge in [0.05, 0.1) is 17.6 Å². The topological polar surface area (TPSA) is 75.9 Å². The van der Waals surface area contributed by atoms with E-state index < -0.39 is 5.91 Å². The highest BCUT2D eigenvalue weighted by Gasteiger charge is 2.17. The molecule has 0 aliphatic carbocycles. The molecule has 1 aliphatic rings. The molecular formula is C19H19FN6O. The smallest absolute Gasteiger partial charge is 0.296 e. The average molecular weight is 366 g/mol. The number of nitrogens with zero attached hydrogens (tertiary/aromatic N) is 5. The summed E-state index contributed by atoms with van der Waals surface area (Å²) in [4.78, 5) is 23.2. The predicted octanol–water partition coefficient (Wildman–Crippen LogP) is 2.96. The number of pyridine rings is 1. The molecule has 0 atom stereocenters. The Morgan fingerprint density at radius 3 is 2.44 bits per heavy atom. The van der Waals surface area contributed by atoms with Crippen LogP contribution in [-0.4, -0.2) is 38.7 Å². The fourth-order valence-electron chi connectivity index (χ4n) is 3.11. The minimum Gasteiger partial charge on any atom is -0.370 e. The van der Waals surface area contributed by atoms with Crippen molar-refractivity contribution in [3.8, 4) is 5.69 Å². The molecule has 8 heteroatoms. The molecule has 0 saturated carbocycles. The number of benzene rings is 1. The van der Waals surface area contributed by atoms with E-state index in [1.807, 2.05) is 6.07 Å². The van der Waals surface area contributed by atoms with Crippen LogP contribution in [0.3, 0.4) is 0 Å². The SMILES string of the molecule is Cc1nc(C(=O)Nc2ccc(N3CCCC3)cn2)nn1-c1ccc(F)cc1. The molecule has 3 aromatic rings. The summed E-state index contributed by atoms with van der Waals surface area (Å²) in [6, 6.07) is 9.55. The predicted molar refractivity (Wildman–Crippen MR) is 99.7 cm³/mol. The van der Waals surface area contributed by atoms with Gasteiger partial charge in [-0.2, -0.15) is 0 Å². The summed E-state index contributed by atoms with van der Waals surface area (Å²) in [6.45, 7) is 3.81. The number of halogens is 1. The Labute approximate surface area is 155 Å².